The molecule has 0 amide bonds. The van der Waals surface area contributed by atoms with Crippen molar-refractivity contribution in [3.8, 4) is 5.75 Å². The second-order valence-corrected chi connectivity index (χ2v) is 5.05. The van der Waals surface area contributed by atoms with E-state index in [2.05, 4.69) is 26.8 Å². The van der Waals surface area contributed by atoms with Crippen LogP contribution >= 0.6 is 11.6 Å². The van der Waals surface area contributed by atoms with Gasteiger partial charge >= 0.3 is 0 Å². The zero-order chi connectivity index (χ0) is 13.5. The van der Waals surface area contributed by atoms with E-state index in [1.54, 1.807) is 0 Å². The summed E-state index contributed by atoms with van der Waals surface area (Å²) >= 11 is 6.31. The van der Waals surface area contributed by atoms with Gasteiger partial charge in [-0.3, -0.25) is 0 Å². The van der Waals surface area contributed by atoms with Gasteiger partial charge in [-0.25, -0.2) is 0 Å². The summed E-state index contributed by atoms with van der Waals surface area (Å²) in [5, 5.41) is 0.709. The third-order valence-corrected chi connectivity index (χ3v) is 3.33. The Hall–Kier alpha value is -0.730. The van der Waals surface area contributed by atoms with Gasteiger partial charge in [-0.2, -0.15) is 0 Å². The van der Waals surface area contributed by atoms with Gasteiger partial charge in [0.1, 0.15) is 5.75 Å². The zero-order valence-electron chi connectivity index (χ0n) is 11.6. The van der Waals surface area contributed by atoms with Crippen molar-refractivity contribution in [2.75, 3.05) is 6.61 Å². The highest BCUT2D eigenvalue weighted by atomic mass is 35.5. The lowest BCUT2D eigenvalue weighted by Gasteiger charge is -2.17. The molecular weight excluding hydrogens is 246 g/mol. The highest BCUT2D eigenvalue weighted by molar-refractivity contribution is 6.32. The Bertz CT molecular complexity index is 379. The van der Waals surface area contributed by atoms with Crippen molar-refractivity contribution in [3.05, 3.63) is 28.3 Å². The Labute approximate surface area is 115 Å². The predicted octanol–water partition coefficient (Wildman–Crippen LogP) is 3.97. The highest BCUT2D eigenvalue weighted by Gasteiger charge is 2.13. The Morgan fingerprint density at radius 3 is 2.56 bits per heavy atom. The first-order valence-corrected chi connectivity index (χ1v) is 7.19. The van der Waals surface area contributed by atoms with Gasteiger partial charge in [0.25, 0.3) is 0 Å². The molecule has 0 aliphatic rings. The molecule has 0 bridgehead atoms. The van der Waals surface area contributed by atoms with Gasteiger partial charge in [0.2, 0.25) is 0 Å². The summed E-state index contributed by atoms with van der Waals surface area (Å²) in [6, 6.07) is 4.33. The molecule has 1 aromatic carbocycles. The lowest BCUT2D eigenvalue weighted by atomic mass is 10.0. The van der Waals surface area contributed by atoms with Crippen LogP contribution < -0.4 is 10.5 Å². The second kappa shape index (κ2) is 7.65. The molecule has 1 aromatic rings. The number of ether oxygens (including phenoxy) is 1. The molecule has 1 atom stereocenters. The standard InChI is InChI=1S/C15H24ClNO/c1-4-7-18-15-12(10-13(17)6-3)8-11(5-2)9-14(15)16/h8-9,13H,4-7,10,17H2,1-3H3. The minimum atomic E-state index is 0.164. The minimum Gasteiger partial charge on any atom is -0.492 e. The van der Waals surface area contributed by atoms with Crippen molar-refractivity contribution < 1.29 is 4.74 Å². The Morgan fingerprint density at radius 2 is 2.00 bits per heavy atom. The van der Waals surface area contributed by atoms with Gasteiger partial charge in [-0.05, 0) is 42.9 Å². The van der Waals surface area contributed by atoms with Crippen LogP contribution in [-0.4, -0.2) is 12.6 Å². The summed E-state index contributed by atoms with van der Waals surface area (Å²) < 4.78 is 5.77. The molecule has 0 fully saturated rings. The Balaban J connectivity index is 3.03. The van der Waals surface area contributed by atoms with Gasteiger partial charge in [0.15, 0.2) is 0 Å². The van der Waals surface area contributed by atoms with Crippen molar-refractivity contribution >= 4 is 11.6 Å². The number of benzene rings is 1. The molecule has 1 unspecified atom stereocenters. The molecular formula is C15H24ClNO. The van der Waals surface area contributed by atoms with Gasteiger partial charge in [-0.1, -0.05) is 38.4 Å². The van der Waals surface area contributed by atoms with Crippen LogP contribution in [0.15, 0.2) is 12.1 Å². The average Bonchev–Trinajstić information content (AvgIpc) is 2.37. The highest BCUT2D eigenvalue weighted by Crippen LogP contribution is 2.32. The molecule has 0 radical (unpaired) electrons. The first kappa shape index (κ1) is 15.3. The molecule has 0 saturated carbocycles. The maximum absolute atomic E-state index is 6.31. The van der Waals surface area contributed by atoms with E-state index in [0.717, 1.165) is 37.0 Å². The molecule has 2 nitrogen and oxygen atoms in total. The molecule has 0 saturated heterocycles. The van der Waals surface area contributed by atoms with Crippen LogP contribution in [0.3, 0.4) is 0 Å². The monoisotopic (exact) mass is 269 g/mol. The van der Waals surface area contributed by atoms with Crippen molar-refractivity contribution in [2.45, 2.75) is 52.5 Å². The predicted molar refractivity (Wildman–Crippen MR) is 78.6 cm³/mol. The van der Waals surface area contributed by atoms with E-state index in [1.165, 1.54) is 5.56 Å². The number of aryl methyl sites for hydroxylation is 1. The van der Waals surface area contributed by atoms with Crippen LogP contribution in [0, 0.1) is 0 Å². The first-order valence-electron chi connectivity index (χ1n) is 6.81. The van der Waals surface area contributed by atoms with Crippen LogP contribution in [0.1, 0.15) is 44.7 Å². The van der Waals surface area contributed by atoms with Crippen LogP contribution in [0.5, 0.6) is 5.75 Å². The summed E-state index contributed by atoms with van der Waals surface area (Å²) in [4.78, 5) is 0. The molecule has 18 heavy (non-hydrogen) atoms. The number of hydrogen-bond donors (Lipinski definition) is 1. The summed E-state index contributed by atoms with van der Waals surface area (Å²) in [7, 11) is 0. The van der Waals surface area contributed by atoms with E-state index in [9.17, 15) is 0 Å². The van der Waals surface area contributed by atoms with E-state index in [4.69, 9.17) is 22.1 Å². The van der Waals surface area contributed by atoms with Crippen molar-refractivity contribution in [1.29, 1.82) is 0 Å². The number of rotatable bonds is 7. The molecule has 2 N–H and O–H groups in total. The summed E-state index contributed by atoms with van der Waals surface area (Å²) in [6.45, 7) is 7.01. The van der Waals surface area contributed by atoms with Crippen molar-refractivity contribution in [1.82, 2.24) is 0 Å². The van der Waals surface area contributed by atoms with E-state index in [-0.39, 0.29) is 6.04 Å². The van der Waals surface area contributed by atoms with Gasteiger partial charge in [-0.15, -0.1) is 0 Å². The molecule has 0 spiro atoms. The third-order valence-electron chi connectivity index (χ3n) is 3.05. The molecule has 0 aliphatic carbocycles. The van der Waals surface area contributed by atoms with Gasteiger partial charge < -0.3 is 10.5 Å². The maximum atomic E-state index is 6.31. The fourth-order valence-corrected chi connectivity index (χ4v) is 2.18. The fraction of sp³-hybridized carbons (Fsp3) is 0.600. The Morgan fingerprint density at radius 1 is 1.28 bits per heavy atom. The third kappa shape index (κ3) is 4.18. The van der Waals surface area contributed by atoms with Crippen LogP contribution in [0.2, 0.25) is 5.02 Å². The smallest absolute Gasteiger partial charge is 0.141 e. The molecule has 1 rings (SSSR count). The van der Waals surface area contributed by atoms with E-state index < -0.39 is 0 Å². The maximum Gasteiger partial charge on any atom is 0.141 e. The van der Waals surface area contributed by atoms with Crippen molar-refractivity contribution in [2.24, 2.45) is 5.73 Å². The number of hydrogen-bond acceptors (Lipinski definition) is 2. The topological polar surface area (TPSA) is 35.2 Å². The normalized spacial score (nSPS) is 12.5. The molecule has 0 aromatic heterocycles. The SMILES string of the molecule is CCCOc1c(Cl)cc(CC)cc1CC(N)CC. The van der Waals surface area contributed by atoms with E-state index in [0.29, 0.717) is 11.6 Å². The quantitative estimate of drug-likeness (QED) is 0.813. The summed E-state index contributed by atoms with van der Waals surface area (Å²) in [6.07, 6.45) is 3.73. The molecule has 0 heterocycles. The van der Waals surface area contributed by atoms with Gasteiger partial charge in [0.05, 0.1) is 11.6 Å². The molecule has 102 valence electrons. The summed E-state index contributed by atoms with van der Waals surface area (Å²) in [5.74, 6) is 0.819. The lowest BCUT2D eigenvalue weighted by Crippen LogP contribution is -2.22. The van der Waals surface area contributed by atoms with Crippen LogP contribution in [0.25, 0.3) is 0 Å². The van der Waals surface area contributed by atoms with Crippen molar-refractivity contribution in [3.63, 3.8) is 0 Å². The van der Waals surface area contributed by atoms with Crippen LogP contribution in [-0.2, 0) is 12.8 Å². The molecule has 3 heteroatoms. The zero-order valence-corrected chi connectivity index (χ0v) is 12.4. The van der Waals surface area contributed by atoms with Gasteiger partial charge in [0, 0.05) is 6.04 Å². The summed E-state index contributed by atoms with van der Waals surface area (Å²) in [5.41, 5.74) is 8.42. The number of nitrogens with two attached hydrogens (primary N) is 1. The Kier molecular flexibility index (Phi) is 6.51. The largest absolute Gasteiger partial charge is 0.492 e. The minimum absolute atomic E-state index is 0.164. The first-order chi connectivity index (χ1) is 8.62. The second-order valence-electron chi connectivity index (χ2n) is 4.64. The lowest BCUT2D eigenvalue weighted by molar-refractivity contribution is 0.313. The van der Waals surface area contributed by atoms with E-state index >= 15 is 0 Å². The fourth-order valence-electron chi connectivity index (χ4n) is 1.86. The molecule has 0 aliphatic heterocycles. The average molecular weight is 270 g/mol. The van der Waals surface area contributed by atoms with Crippen LogP contribution in [0.4, 0.5) is 0 Å². The van der Waals surface area contributed by atoms with E-state index in [1.807, 2.05) is 6.07 Å². The number of halogens is 1.